The molecule has 5 heteroatoms. The molecule has 2 heterocycles. The third kappa shape index (κ3) is 3.08. The highest BCUT2D eigenvalue weighted by molar-refractivity contribution is 5.94. The van der Waals surface area contributed by atoms with Gasteiger partial charge in [-0.2, -0.15) is 5.10 Å². The predicted molar refractivity (Wildman–Crippen MR) is 93.3 cm³/mol. The summed E-state index contributed by atoms with van der Waals surface area (Å²) in [7, 11) is 0. The van der Waals surface area contributed by atoms with Crippen molar-refractivity contribution >= 4 is 5.91 Å². The molecule has 0 bridgehead atoms. The van der Waals surface area contributed by atoms with E-state index in [4.69, 9.17) is 0 Å². The summed E-state index contributed by atoms with van der Waals surface area (Å²) in [5.41, 5.74) is 3.65. The lowest BCUT2D eigenvalue weighted by Crippen LogP contribution is -2.49. The maximum absolute atomic E-state index is 12.8. The van der Waals surface area contributed by atoms with E-state index in [1.807, 2.05) is 53.8 Å². The number of aromatic nitrogens is 2. The summed E-state index contributed by atoms with van der Waals surface area (Å²) in [5, 5.41) is 14.1. The lowest BCUT2D eigenvalue weighted by molar-refractivity contribution is 0.0358. The van der Waals surface area contributed by atoms with Gasteiger partial charge in [0.1, 0.15) is 0 Å². The molecular formula is C19H25N3O2. The number of carbonyl (C=O) groups is 1. The Hall–Kier alpha value is -2.14. The monoisotopic (exact) mass is 327 g/mol. The maximum Gasteiger partial charge on any atom is 0.254 e. The second-order valence-electron chi connectivity index (χ2n) is 6.75. The first-order chi connectivity index (χ1) is 11.5. The SMILES string of the molecule is Cc1cc(C)n(-c2ccc(C(=O)N3CCCC(C)C3CO)cc2)n1. The summed E-state index contributed by atoms with van der Waals surface area (Å²) < 4.78 is 1.88. The first-order valence-electron chi connectivity index (χ1n) is 8.57. The van der Waals surface area contributed by atoms with Crippen LogP contribution in [0, 0.1) is 19.8 Å². The Morgan fingerprint density at radius 3 is 2.58 bits per heavy atom. The zero-order valence-electron chi connectivity index (χ0n) is 14.6. The van der Waals surface area contributed by atoms with E-state index in [9.17, 15) is 9.90 Å². The van der Waals surface area contributed by atoms with Crippen LogP contribution in [0.3, 0.4) is 0 Å². The molecule has 3 rings (SSSR count). The van der Waals surface area contributed by atoms with Crippen LogP contribution in [0.1, 0.15) is 41.5 Å². The molecule has 5 nitrogen and oxygen atoms in total. The van der Waals surface area contributed by atoms with E-state index in [1.165, 1.54) is 0 Å². The Kier molecular flexibility index (Phi) is 4.71. The molecule has 0 radical (unpaired) electrons. The highest BCUT2D eigenvalue weighted by Gasteiger charge is 2.31. The van der Waals surface area contributed by atoms with Crippen molar-refractivity contribution < 1.29 is 9.90 Å². The highest BCUT2D eigenvalue weighted by Crippen LogP contribution is 2.25. The minimum Gasteiger partial charge on any atom is -0.394 e. The van der Waals surface area contributed by atoms with Crippen molar-refractivity contribution in [2.45, 2.75) is 39.7 Å². The fourth-order valence-electron chi connectivity index (χ4n) is 3.58. The molecule has 0 aliphatic carbocycles. The largest absolute Gasteiger partial charge is 0.394 e. The number of aliphatic hydroxyl groups is 1. The van der Waals surface area contributed by atoms with Gasteiger partial charge in [0.15, 0.2) is 0 Å². The summed E-state index contributed by atoms with van der Waals surface area (Å²) >= 11 is 0. The number of aryl methyl sites for hydroxylation is 2. The third-order valence-electron chi connectivity index (χ3n) is 4.93. The van der Waals surface area contributed by atoms with Crippen LogP contribution in [0.4, 0.5) is 0 Å². The quantitative estimate of drug-likeness (QED) is 0.943. The van der Waals surface area contributed by atoms with Gasteiger partial charge in [-0.1, -0.05) is 6.92 Å². The second kappa shape index (κ2) is 6.77. The molecule has 1 aliphatic rings. The predicted octanol–water partition coefficient (Wildman–Crippen LogP) is 2.72. The van der Waals surface area contributed by atoms with E-state index in [0.29, 0.717) is 18.0 Å². The van der Waals surface area contributed by atoms with E-state index in [1.54, 1.807) is 0 Å². The molecule has 0 saturated carbocycles. The summed E-state index contributed by atoms with van der Waals surface area (Å²) in [6, 6.07) is 9.49. The standard InChI is InChI=1S/C19H25N3O2/c1-13-5-4-10-21(18(13)12-23)19(24)16-6-8-17(9-7-16)22-15(3)11-14(2)20-22/h6-9,11,13,18,23H,4-5,10,12H2,1-3H3. The topological polar surface area (TPSA) is 58.4 Å². The van der Waals surface area contributed by atoms with Gasteiger partial charge in [0.25, 0.3) is 5.91 Å². The molecule has 1 amide bonds. The van der Waals surface area contributed by atoms with Crippen molar-refractivity contribution in [2.75, 3.05) is 13.2 Å². The number of hydrogen-bond acceptors (Lipinski definition) is 3. The molecule has 0 spiro atoms. The summed E-state index contributed by atoms with van der Waals surface area (Å²) in [4.78, 5) is 14.7. The van der Waals surface area contributed by atoms with Crippen LogP contribution in [0.2, 0.25) is 0 Å². The molecule has 24 heavy (non-hydrogen) atoms. The van der Waals surface area contributed by atoms with Gasteiger partial charge in [0.05, 0.1) is 24.0 Å². The van der Waals surface area contributed by atoms with Gasteiger partial charge in [0.2, 0.25) is 0 Å². The molecule has 1 N–H and O–H groups in total. The van der Waals surface area contributed by atoms with Crippen molar-refractivity contribution in [3.05, 3.63) is 47.3 Å². The van der Waals surface area contributed by atoms with Crippen molar-refractivity contribution in [1.82, 2.24) is 14.7 Å². The smallest absolute Gasteiger partial charge is 0.254 e. The zero-order valence-corrected chi connectivity index (χ0v) is 14.6. The van der Waals surface area contributed by atoms with Crippen molar-refractivity contribution in [3.63, 3.8) is 0 Å². The molecule has 1 aliphatic heterocycles. The number of carbonyl (C=O) groups excluding carboxylic acids is 1. The fraction of sp³-hybridized carbons (Fsp3) is 0.474. The number of hydrogen-bond donors (Lipinski definition) is 1. The maximum atomic E-state index is 12.8. The van der Waals surface area contributed by atoms with Crippen LogP contribution in [0.15, 0.2) is 30.3 Å². The van der Waals surface area contributed by atoms with Gasteiger partial charge in [-0.3, -0.25) is 4.79 Å². The Balaban J connectivity index is 1.82. The lowest BCUT2D eigenvalue weighted by Gasteiger charge is -2.39. The third-order valence-corrected chi connectivity index (χ3v) is 4.93. The average Bonchev–Trinajstić information content (AvgIpc) is 2.92. The van der Waals surface area contributed by atoms with E-state index >= 15 is 0 Å². The van der Waals surface area contributed by atoms with Crippen LogP contribution in [-0.2, 0) is 0 Å². The number of rotatable bonds is 3. The van der Waals surface area contributed by atoms with Gasteiger partial charge < -0.3 is 10.0 Å². The molecule has 1 saturated heterocycles. The Morgan fingerprint density at radius 1 is 1.29 bits per heavy atom. The van der Waals surface area contributed by atoms with Gasteiger partial charge >= 0.3 is 0 Å². The summed E-state index contributed by atoms with van der Waals surface area (Å²) in [5.74, 6) is 0.335. The molecule has 128 valence electrons. The summed E-state index contributed by atoms with van der Waals surface area (Å²) in [6.07, 6.45) is 2.05. The van der Waals surface area contributed by atoms with Crippen LogP contribution >= 0.6 is 0 Å². The molecule has 1 fully saturated rings. The lowest BCUT2D eigenvalue weighted by atomic mass is 9.90. The molecule has 1 aromatic carbocycles. The molecule has 2 aromatic rings. The number of benzene rings is 1. The van der Waals surface area contributed by atoms with Gasteiger partial charge in [-0.25, -0.2) is 4.68 Å². The first kappa shape index (κ1) is 16.7. The van der Waals surface area contributed by atoms with Crippen molar-refractivity contribution in [3.8, 4) is 5.69 Å². The normalized spacial score (nSPS) is 21.1. The van der Waals surface area contributed by atoms with Crippen LogP contribution < -0.4 is 0 Å². The molecule has 2 atom stereocenters. The van der Waals surface area contributed by atoms with Crippen molar-refractivity contribution in [2.24, 2.45) is 5.92 Å². The van der Waals surface area contributed by atoms with E-state index in [2.05, 4.69) is 12.0 Å². The Bertz CT molecular complexity index is 721. The molecule has 2 unspecified atom stereocenters. The molecular weight excluding hydrogens is 302 g/mol. The minimum atomic E-state index is -0.0815. The Morgan fingerprint density at radius 2 is 2.00 bits per heavy atom. The van der Waals surface area contributed by atoms with Gasteiger partial charge in [-0.05, 0) is 62.9 Å². The van der Waals surface area contributed by atoms with Crippen LogP contribution in [-0.4, -0.2) is 44.9 Å². The second-order valence-corrected chi connectivity index (χ2v) is 6.75. The number of aliphatic hydroxyl groups excluding tert-OH is 1. The van der Waals surface area contributed by atoms with Crippen LogP contribution in [0.25, 0.3) is 5.69 Å². The van der Waals surface area contributed by atoms with E-state index < -0.39 is 0 Å². The zero-order chi connectivity index (χ0) is 17.3. The van der Waals surface area contributed by atoms with Gasteiger partial charge in [-0.15, -0.1) is 0 Å². The van der Waals surface area contributed by atoms with Crippen LogP contribution in [0.5, 0.6) is 0 Å². The van der Waals surface area contributed by atoms with Crippen molar-refractivity contribution in [1.29, 1.82) is 0 Å². The highest BCUT2D eigenvalue weighted by atomic mass is 16.3. The van der Waals surface area contributed by atoms with E-state index in [0.717, 1.165) is 29.9 Å². The van der Waals surface area contributed by atoms with E-state index in [-0.39, 0.29) is 18.6 Å². The number of likely N-dealkylation sites (tertiary alicyclic amines) is 1. The molecule has 1 aromatic heterocycles. The first-order valence-corrected chi connectivity index (χ1v) is 8.57. The van der Waals surface area contributed by atoms with Gasteiger partial charge in [0, 0.05) is 17.8 Å². The fourth-order valence-corrected chi connectivity index (χ4v) is 3.58. The average molecular weight is 327 g/mol. The number of nitrogens with zero attached hydrogens (tertiary/aromatic N) is 3. The summed E-state index contributed by atoms with van der Waals surface area (Å²) in [6.45, 7) is 6.82. The minimum absolute atomic E-state index is 0.000479. The Labute approximate surface area is 142 Å². The number of amides is 1. The number of piperidine rings is 1.